The van der Waals surface area contributed by atoms with E-state index < -0.39 is 0 Å². The van der Waals surface area contributed by atoms with Crippen molar-refractivity contribution >= 4 is 5.96 Å². The van der Waals surface area contributed by atoms with Crippen LogP contribution in [0.25, 0.3) is 0 Å². The van der Waals surface area contributed by atoms with Crippen molar-refractivity contribution in [3.63, 3.8) is 0 Å². The van der Waals surface area contributed by atoms with Crippen LogP contribution >= 0.6 is 0 Å². The van der Waals surface area contributed by atoms with E-state index in [1.807, 2.05) is 18.7 Å². The van der Waals surface area contributed by atoms with Gasteiger partial charge in [-0.25, -0.2) is 4.99 Å². The van der Waals surface area contributed by atoms with Crippen LogP contribution in [-0.2, 0) is 18.3 Å². The van der Waals surface area contributed by atoms with Crippen molar-refractivity contribution in [2.45, 2.75) is 47.6 Å². The maximum atomic E-state index is 5.59. The van der Waals surface area contributed by atoms with E-state index in [-0.39, 0.29) is 0 Å². The van der Waals surface area contributed by atoms with Gasteiger partial charge in [0.1, 0.15) is 0 Å². The van der Waals surface area contributed by atoms with Crippen LogP contribution in [0.4, 0.5) is 0 Å². The summed E-state index contributed by atoms with van der Waals surface area (Å²) < 4.78 is 7.50. The van der Waals surface area contributed by atoms with Crippen molar-refractivity contribution in [3.05, 3.63) is 17.0 Å². The lowest BCUT2D eigenvalue weighted by Gasteiger charge is -2.12. The van der Waals surface area contributed by atoms with E-state index in [1.165, 1.54) is 11.3 Å². The molecule has 0 aliphatic heterocycles. The summed E-state index contributed by atoms with van der Waals surface area (Å²) in [5.41, 5.74) is 3.42. The number of nitrogens with one attached hydrogen (secondary N) is 2. The Morgan fingerprint density at radius 3 is 2.61 bits per heavy atom. The fourth-order valence-electron chi connectivity index (χ4n) is 2.25. The monoisotopic (exact) mass is 323 g/mol. The molecule has 0 fully saturated rings. The van der Waals surface area contributed by atoms with Crippen molar-refractivity contribution < 1.29 is 4.74 Å². The second-order valence-corrected chi connectivity index (χ2v) is 6.22. The fraction of sp³-hybridized carbons (Fsp3) is 0.765. The number of guanidine groups is 1. The maximum Gasteiger partial charge on any atom is 0.191 e. The lowest BCUT2D eigenvalue weighted by atomic mass is 10.2. The highest BCUT2D eigenvalue weighted by atomic mass is 16.5. The number of nitrogens with zero attached hydrogens (tertiary/aromatic N) is 3. The lowest BCUT2D eigenvalue weighted by molar-refractivity contribution is 0.108. The highest BCUT2D eigenvalue weighted by Gasteiger charge is 2.08. The summed E-state index contributed by atoms with van der Waals surface area (Å²) >= 11 is 0. The molecule has 0 amide bonds. The molecular formula is C17H33N5O. The van der Waals surface area contributed by atoms with E-state index in [9.17, 15) is 0 Å². The van der Waals surface area contributed by atoms with E-state index in [1.54, 1.807) is 0 Å². The Labute approximate surface area is 140 Å². The zero-order chi connectivity index (χ0) is 17.2. The van der Waals surface area contributed by atoms with E-state index in [2.05, 4.69) is 48.4 Å². The minimum atomic E-state index is 0.591. The van der Waals surface area contributed by atoms with Crippen LogP contribution in [-0.4, -0.2) is 42.0 Å². The molecule has 0 aliphatic carbocycles. The van der Waals surface area contributed by atoms with E-state index >= 15 is 0 Å². The second kappa shape index (κ2) is 10.3. The van der Waals surface area contributed by atoms with Crippen LogP contribution in [0.15, 0.2) is 4.99 Å². The standard InChI is InChI=1S/C17H33N5O/c1-7-18-17(19-9-8-10-23-12-13(2)3)20-11-16-14(4)21-22(6)15(16)5/h13H,7-12H2,1-6H3,(H2,18,19,20). The first kappa shape index (κ1) is 19.5. The summed E-state index contributed by atoms with van der Waals surface area (Å²) in [7, 11) is 1.97. The van der Waals surface area contributed by atoms with Crippen LogP contribution in [0, 0.1) is 19.8 Å². The van der Waals surface area contributed by atoms with Gasteiger partial charge in [0.15, 0.2) is 5.96 Å². The number of aromatic nitrogens is 2. The maximum absolute atomic E-state index is 5.59. The topological polar surface area (TPSA) is 63.5 Å². The highest BCUT2D eigenvalue weighted by molar-refractivity contribution is 5.79. The Morgan fingerprint density at radius 2 is 2.04 bits per heavy atom. The molecule has 0 unspecified atom stereocenters. The molecule has 0 aliphatic rings. The van der Waals surface area contributed by atoms with Gasteiger partial charge in [0.05, 0.1) is 12.2 Å². The molecule has 1 heterocycles. The largest absolute Gasteiger partial charge is 0.381 e. The van der Waals surface area contributed by atoms with Gasteiger partial charge in [-0.3, -0.25) is 4.68 Å². The van der Waals surface area contributed by atoms with Gasteiger partial charge in [0.2, 0.25) is 0 Å². The Kier molecular flexibility index (Phi) is 8.69. The van der Waals surface area contributed by atoms with Crippen molar-refractivity contribution in [3.8, 4) is 0 Å². The fourth-order valence-corrected chi connectivity index (χ4v) is 2.25. The molecule has 1 rings (SSSR count). The summed E-state index contributed by atoms with van der Waals surface area (Å²) in [5.74, 6) is 1.44. The molecule has 0 saturated heterocycles. The van der Waals surface area contributed by atoms with Crippen LogP contribution in [0.3, 0.4) is 0 Å². The SMILES string of the molecule is CCNC(=NCc1c(C)nn(C)c1C)NCCCOCC(C)C. The van der Waals surface area contributed by atoms with Crippen LogP contribution in [0.5, 0.6) is 0 Å². The minimum absolute atomic E-state index is 0.591. The number of rotatable bonds is 9. The van der Waals surface area contributed by atoms with Gasteiger partial charge in [0, 0.05) is 44.6 Å². The van der Waals surface area contributed by atoms with Gasteiger partial charge in [0.25, 0.3) is 0 Å². The molecule has 2 N–H and O–H groups in total. The average molecular weight is 323 g/mol. The molecule has 6 nitrogen and oxygen atoms in total. The zero-order valence-corrected chi connectivity index (χ0v) is 15.6. The first-order chi connectivity index (χ1) is 11.0. The molecule has 0 saturated carbocycles. The molecule has 23 heavy (non-hydrogen) atoms. The third-order valence-corrected chi connectivity index (χ3v) is 3.61. The average Bonchev–Trinajstić information content (AvgIpc) is 2.73. The molecule has 0 atom stereocenters. The molecule has 1 aromatic rings. The van der Waals surface area contributed by atoms with Crippen LogP contribution in [0.1, 0.15) is 44.1 Å². The minimum Gasteiger partial charge on any atom is -0.381 e. The van der Waals surface area contributed by atoms with Crippen molar-refractivity contribution in [1.82, 2.24) is 20.4 Å². The lowest BCUT2D eigenvalue weighted by Crippen LogP contribution is -2.38. The van der Waals surface area contributed by atoms with Crippen LogP contribution < -0.4 is 10.6 Å². The third-order valence-electron chi connectivity index (χ3n) is 3.61. The first-order valence-electron chi connectivity index (χ1n) is 8.54. The number of ether oxygens (including phenoxy) is 1. The molecule has 0 spiro atoms. The predicted molar refractivity (Wildman–Crippen MR) is 95.8 cm³/mol. The Balaban J connectivity index is 2.44. The normalized spacial score (nSPS) is 12.0. The van der Waals surface area contributed by atoms with Crippen molar-refractivity contribution in [1.29, 1.82) is 0 Å². The van der Waals surface area contributed by atoms with Gasteiger partial charge in [-0.05, 0) is 33.1 Å². The molecule has 1 aromatic heterocycles. The Hall–Kier alpha value is -1.56. The molecule has 0 aromatic carbocycles. The first-order valence-corrected chi connectivity index (χ1v) is 8.54. The smallest absolute Gasteiger partial charge is 0.191 e. The summed E-state index contributed by atoms with van der Waals surface area (Å²) in [6, 6.07) is 0. The highest BCUT2D eigenvalue weighted by Crippen LogP contribution is 2.12. The molecule has 6 heteroatoms. The number of hydrogen-bond donors (Lipinski definition) is 2. The van der Waals surface area contributed by atoms with Crippen LogP contribution in [0.2, 0.25) is 0 Å². The summed E-state index contributed by atoms with van der Waals surface area (Å²) in [4.78, 5) is 4.67. The molecule has 132 valence electrons. The predicted octanol–water partition coefficient (Wildman–Crippen LogP) is 2.15. The third kappa shape index (κ3) is 7.03. The van der Waals surface area contributed by atoms with E-state index in [4.69, 9.17) is 4.74 Å². The van der Waals surface area contributed by atoms with Gasteiger partial charge in [-0.15, -0.1) is 0 Å². The van der Waals surface area contributed by atoms with E-state index in [0.29, 0.717) is 12.5 Å². The summed E-state index contributed by atoms with van der Waals surface area (Å²) in [6.45, 7) is 14.5. The summed E-state index contributed by atoms with van der Waals surface area (Å²) in [6.07, 6.45) is 0.974. The zero-order valence-electron chi connectivity index (χ0n) is 15.6. The van der Waals surface area contributed by atoms with E-state index in [0.717, 1.165) is 44.4 Å². The summed E-state index contributed by atoms with van der Waals surface area (Å²) in [5, 5.41) is 11.1. The number of hydrogen-bond acceptors (Lipinski definition) is 3. The number of aryl methyl sites for hydroxylation is 2. The van der Waals surface area contributed by atoms with Gasteiger partial charge in [-0.1, -0.05) is 13.8 Å². The molecule has 0 radical (unpaired) electrons. The number of aliphatic imine (C=N–C) groups is 1. The van der Waals surface area contributed by atoms with Crippen molar-refractivity contribution in [2.24, 2.45) is 18.0 Å². The molecule has 0 bridgehead atoms. The molecular weight excluding hydrogens is 290 g/mol. The quantitative estimate of drug-likeness (QED) is 0.415. The van der Waals surface area contributed by atoms with Crippen molar-refractivity contribution in [2.75, 3.05) is 26.3 Å². The van der Waals surface area contributed by atoms with Gasteiger partial charge >= 0.3 is 0 Å². The van der Waals surface area contributed by atoms with Gasteiger partial charge < -0.3 is 15.4 Å². The Morgan fingerprint density at radius 1 is 1.30 bits per heavy atom. The van der Waals surface area contributed by atoms with Gasteiger partial charge in [-0.2, -0.15) is 5.10 Å². The Bertz CT molecular complexity index is 493. The second-order valence-electron chi connectivity index (χ2n) is 6.22.